The quantitative estimate of drug-likeness (QED) is 0.605. The lowest BCUT2D eigenvalue weighted by molar-refractivity contribution is 0.550. The molecule has 1 heterocycles. The second-order valence-corrected chi connectivity index (χ2v) is 4.38. The van der Waals surface area contributed by atoms with E-state index in [1.807, 2.05) is 37.3 Å². The third-order valence-electron chi connectivity index (χ3n) is 2.92. The number of anilines is 1. The molecule has 1 unspecified atom stereocenters. The van der Waals surface area contributed by atoms with E-state index >= 15 is 0 Å². The van der Waals surface area contributed by atoms with Crippen LogP contribution in [0, 0.1) is 0 Å². The summed E-state index contributed by atoms with van der Waals surface area (Å²) in [7, 11) is 0. The van der Waals surface area contributed by atoms with Gasteiger partial charge in [-0.25, -0.2) is 9.89 Å². The molecule has 1 aromatic heterocycles. The first-order valence-electron chi connectivity index (χ1n) is 5.78. The number of aromatic nitrogens is 3. The molecule has 19 heavy (non-hydrogen) atoms. The van der Waals surface area contributed by atoms with Gasteiger partial charge in [0.1, 0.15) is 0 Å². The van der Waals surface area contributed by atoms with Crippen molar-refractivity contribution in [3.8, 4) is 0 Å². The van der Waals surface area contributed by atoms with Crippen LogP contribution in [0.25, 0.3) is 0 Å². The van der Waals surface area contributed by atoms with Gasteiger partial charge in [0.25, 0.3) is 5.56 Å². The lowest BCUT2D eigenvalue weighted by Gasteiger charge is -2.29. The maximum Gasteiger partial charge on any atom is 0.342 e. The highest BCUT2D eigenvalue weighted by molar-refractivity contribution is 5.39. The average Bonchev–Trinajstić information content (AvgIpc) is 2.43. The molecule has 100 valence electrons. The monoisotopic (exact) mass is 261 g/mol. The number of benzene rings is 1. The minimum absolute atomic E-state index is 0.0244. The van der Waals surface area contributed by atoms with E-state index in [9.17, 15) is 9.59 Å². The minimum Gasteiger partial charge on any atom is -0.354 e. The van der Waals surface area contributed by atoms with Crippen molar-refractivity contribution in [2.45, 2.75) is 12.5 Å². The van der Waals surface area contributed by atoms with Crippen LogP contribution < -0.4 is 22.3 Å². The second-order valence-electron chi connectivity index (χ2n) is 4.38. The SMILES string of the molecule is CC(CN)(Nc1n[nH]c(=O)[nH]c1=O)c1ccccc1. The molecule has 2 aromatic rings. The molecule has 2 rings (SSSR count). The van der Waals surface area contributed by atoms with Gasteiger partial charge in [0, 0.05) is 6.54 Å². The number of rotatable bonds is 4. The summed E-state index contributed by atoms with van der Waals surface area (Å²) < 4.78 is 0. The van der Waals surface area contributed by atoms with E-state index in [4.69, 9.17) is 5.73 Å². The summed E-state index contributed by atoms with van der Waals surface area (Å²) in [6, 6.07) is 9.47. The largest absolute Gasteiger partial charge is 0.354 e. The zero-order chi connectivity index (χ0) is 13.9. The fourth-order valence-corrected chi connectivity index (χ4v) is 1.74. The predicted octanol–water partition coefficient (Wildman–Crippen LogP) is -0.256. The Kier molecular flexibility index (Phi) is 3.48. The smallest absolute Gasteiger partial charge is 0.342 e. The molecule has 7 heteroatoms. The highest BCUT2D eigenvalue weighted by atomic mass is 16.2. The van der Waals surface area contributed by atoms with Gasteiger partial charge in [0.05, 0.1) is 5.54 Å². The van der Waals surface area contributed by atoms with E-state index in [0.717, 1.165) is 5.56 Å². The maximum absolute atomic E-state index is 11.6. The topological polar surface area (TPSA) is 117 Å². The molecule has 0 aliphatic heterocycles. The molecule has 0 saturated heterocycles. The van der Waals surface area contributed by atoms with Crippen LogP contribution in [-0.2, 0) is 5.54 Å². The average molecular weight is 261 g/mol. The Hall–Kier alpha value is -2.41. The number of hydrogen-bond donors (Lipinski definition) is 4. The summed E-state index contributed by atoms with van der Waals surface area (Å²) in [5.41, 5.74) is 4.83. The summed E-state index contributed by atoms with van der Waals surface area (Å²) in [6.07, 6.45) is 0. The van der Waals surface area contributed by atoms with Crippen molar-refractivity contribution in [2.24, 2.45) is 5.73 Å². The normalized spacial score (nSPS) is 13.8. The van der Waals surface area contributed by atoms with E-state index in [1.54, 1.807) is 0 Å². The zero-order valence-electron chi connectivity index (χ0n) is 10.4. The molecule has 1 atom stereocenters. The summed E-state index contributed by atoms with van der Waals surface area (Å²) in [5.74, 6) is 0.0244. The molecule has 0 spiro atoms. The summed E-state index contributed by atoms with van der Waals surface area (Å²) in [5, 5.41) is 8.83. The van der Waals surface area contributed by atoms with E-state index in [1.165, 1.54) is 0 Å². The summed E-state index contributed by atoms with van der Waals surface area (Å²) in [6.45, 7) is 2.12. The van der Waals surface area contributed by atoms with Crippen LogP contribution in [0.1, 0.15) is 12.5 Å². The van der Waals surface area contributed by atoms with E-state index in [0.29, 0.717) is 0 Å². The molecule has 0 fully saturated rings. The zero-order valence-corrected chi connectivity index (χ0v) is 10.4. The fourth-order valence-electron chi connectivity index (χ4n) is 1.74. The number of nitrogens with one attached hydrogen (secondary N) is 3. The molecule has 0 aliphatic carbocycles. The van der Waals surface area contributed by atoms with E-state index in [-0.39, 0.29) is 12.4 Å². The Morgan fingerprint density at radius 2 is 2.00 bits per heavy atom. The van der Waals surface area contributed by atoms with Crippen LogP contribution in [-0.4, -0.2) is 21.7 Å². The predicted molar refractivity (Wildman–Crippen MR) is 71.9 cm³/mol. The van der Waals surface area contributed by atoms with Crippen molar-refractivity contribution in [3.05, 3.63) is 56.7 Å². The Balaban J connectivity index is 2.38. The highest BCUT2D eigenvalue weighted by Gasteiger charge is 2.26. The molecule has 7 nitrogen and oxygen atoms in total. The number of aromatic amines is 2. The third-order valence-corrected chi connectivity index (χ3v) is 2.92. The van der Waals surface area contributed by atoms with Crippen molar-refractivity contribution in [1.82, 2.24) is 15.2 Å². The molecule has 5 N–H and O–H groups in total. The Labute approximate surface area is 108 Å². The van der Waals surface area contributed by atoms with Crippen molar-refractivity contribution < 1.29 is 0 Å². The van der Waals surface area contributed by atoms with Gasteiger partial charge < -0.3 is 11.1 Å². The van der Waals surface area contributed by atoms with Crippen LogP contribution in [0.3, 0.4) is 0 Å². The third kappa shape index (κ3) is 2.71. The number of nitrogens with zero attached hydrogens (tertiary/aromatic N) is 1. The minimum atomic E-state index is -0.653. The van der Waals surface area contributed by atoms with Crippen LogP contribution >= 0.6 is 0 Å². The molecule has 0 amide bonds. The number of hydrogen-bond acceptors (Lipinski definition) is 5. The van der Waals surface area contributed by atoms with Gasteiger partial charge >= 0.3 is 5.69 Å². The molecule has 0 radical (unpaired) electrons. The second kappa shape index (κ2) is 5.07. The van der Waals surface area contributed by atoms with E-state index < -0.39 is 16.8 Å². The van der Waals surface area contributed by atoms with Crippen molar-refractivity contribution >= 4 is 5.82 Å². The van der Waals surface area contributed by atoms with Gasteiger partial charge in [0.15, 0.2) is 0 Å². The van der Waals surface area contributed by atoms with Crippen molar-refractivity contribution in [1.29, 1.82) is 0 Å². The van der Waals surface area contributed by atoms with Crippen LogP contribution in [0.15, 0.2) is 39.9 Å². The van der Waals surface area contributed by atoms with Crippen molar-refractivity contribution in [3.63, 3.8) is 0 Å². The first-order chi connectivity index (χ1) is 9.05. The van der Waals surface area contributed by atoms with Crippen LogP contribution in [0.5, 0.6) is 0 Å². The van der Waals surface area contributed by atoms with Crippen LogP contribution in [0.2, 0.25) is 0 Å². The molecule has 0 saturated carbocycles. The lowest BCUT2D eigenvalue weighted by atomic mass is 9.92. The lowest BCUT2D eigenvalue weighted by Crippen LogP contribution is -2.42. The standard InChI is InChI=1S/C12H15N5O2/c1-12(7-13,8-5-3-2-4-6-8)15-9-10(18)14-11(19)17-16-9/h2-6H,7,13H2,1H3,(H,15,16)(H2,14,17,18,19). The Morgan fingerprint density at radius 1 is 1.32 bits per heavy atom. The van der Waals surface area contributed by atoms with Gasteiger partial charge in [0.2, 0.25) is 5.82 Å². The van der Waals surface area contributed by atoms with Crippen molar-refractivity contribution in [2.75, 3.05) is 11.9 Å². The first-order valence-corrected chi connectivity index (χ1v) is 5.78. The maximum atomic E-state index is 11.6. The fraction of sp³-hybridized carbons (Fsp3) is 0.250. The molecular weight excluding hydrogens is 246 g/mol. The van der Waals surface area contributed by atoms with Crippen LogP contribution in [0.4, 0.5) is 5.82 Å². The molecule has 0 aliphatic rings. The van der Waals surface area contributed by atoms with Gasteiger partial charge in [-0.15, -0.1) is 5.10 Å². The van der Waals surface area contributed by atoms with Gasteiger partial charge in [-0.05, 0) is 12.5 Å². The summed E-state index contributed by atoms with van der Waals surface area (Å²) in [4.78, 5) is 24.6. The molecular formula is C12H15N5O2. The van der Waals surface area contributed by atoms with E-state index in [2.05, 4.69) is 20.5 Å². The Bertz CT molecular complexity index is 664. The molecule has 0 bridgehead atoms. The van der Waals surface area contributed by atoms with Gasteiger partial charge in [-0.3, -0.25) is 9.78 Å². The Morgan fingerprint density at radius 3 is 2.58 bits per heavy atom. The highest BCUT2D eigenvalue weighted by Crippen LogP contribution is 2.22. The molecule has 1 aromatic carbocycles. The van der Waals surface area contributed by atoms with Gasteiger partial charge in [-0.1, -0.05) is 30.3 Å². The number of H-pyrrole nitrogens is 2. The first kappa shape index (κ1) is 13.0. The number of nitrogens with two attached hydrogens (primary N) is 1. The van der Waals surface area contributed by atoms with Gasteiger partial charge in [-0.2, -0.15) is 0 Å². The summed E-state index contributed by atoms with van der Waals surface area (Å²) >= 11 is 0.